The Bertz CT molecular complexity index is 1190. The molecule has 6 nitrogen and oxygen atoms in total. The summed E-state index contributed by atoms with van der Waals surface area (Å²) in [5.41, 5.74) is 1.44. The van der Waals surface area contributed by atoms with Crippen LogP contribution in [0.1, 0.15) is 48.3 Å². The molecule has 0 spiro atoms. The highest BCUT2D eigenvalue weighted by Gasteiger charge is 2.41. The predicted molar refractivity (Wildman–Crippen MR) is 120 cm³/mol. The number of nitrogens with zero attached hydrogens (tertiary/aromatic N) is 2. The molecule has 0 fully saturated rings. The van der Waals surface area contributed by atoms with Crippen LogP contribution >= 0.6 is 22.9 Å². The Hall–Kier alpha value is -2.64. The van der Waals surface area contributed by atoms with Gasteiger partial charge in [-0.2, -0.15) is 0 Å². The van der Waals surface area contributed by atoms with Crippen LogP contribution in [0.5, 0.6) is 5.75 Å². The Labute approximate surface area is 183 Å². The number of rotatable bonds is 3. The van der Waals surface area contributed by atoms with E-state index >= 15 is 0 Å². The number of fused-ring (bicyclic) bond motifs is 2. The summed E-state index contributed by atoms with van der Waals surface area (Å²) < 4.78 is 5.99. The van der Waals surface area contributed by atoms with Crippen molar-refractivity contribution in [2.24, 2.45) is 0 Å². The smallest absolute Gasteiger partial charge is 0.270 e. The molecule has 8 heteroatoms. The topological polar surface area (TPSA) is 72.7 Å². The molecule has 2 aromatic carbocycles. The molecule has 0 N–H and O–H groups in total. The number of halogens is 1. The van der Waals surface area contributed by atoms with E-state index in [1.165, 1.54) is 23.5 Å². The van der Waals surface area contributed by atoms with Gasteiger partial charge in [0.2, 0.25) is 0 Å². The van der Waals surface area contributed by atoms with E-state index in [1.54, 1.807) is 18.1 Å². The molecule has 2 heterocycles. The first-order chi connectivity index (χ1) is 14.1. The molecule has 1 aliphatic rings. The molecule has 0 unspecified atom stereocenters. The summed E-state index contributed by atoms with van der Waals surface area (Å²) in [6.45, 7) is 6.23. The summed E-state index contributed by atoms with van der Waals surface area (Å²) in [6, 6.07) is 10.2. The van der Waals surface area contributed by atoms with Crippen molar-refractivity contribution < 1.29 is 14.5 Å². The minimum absolute atomic E-state index is 0.0241. The van der Waals surface area contributed by atoms with E-state index < -0.39 is 10.5 Å². The second-order valence-electron chi connectivity index (χ2n) is 8.17. The van der Waals surface area contributed by atoms with Crippen LogP contribution in [0.4, 0.5) is 11.4 Å². The first-order valence-electron chi connectivity index (χ1n) is 9.53. The summed E-state index contributed by atoms with van der Waals surface area (Å²) in [5, 5.41) is 12.1. The Kier molecular flexibility index (Phi) is 4.98. The molecule has 1 aliphatic heterocycles. The van der Waals surface area contributed by atoms with Crippen molar-refractivity contribution in [2.45, 2.75) is 38.6 Å². The molecule has 0 saturated carbocycles. The third kappa shape index (κ3) is 3.22. The highest BCUT2D eigenvalue weighted by atomic mass is 35.5. The largest absolute Gasteiger partial charge is 0.497 e. The van der Waals surface area contributed by atoms with Crippen LogP contribution in [0.15, 0.2) is 36.4 Å². The second kappa shape index (κ2) is 7.25. The molecule has 0 saturated heterocycles. The third-order valence-electron chi connectivity index (χ3n) is 5.64. The van der Waals surface area contributed by atoms with E-state index in [2.05, 4.69) is 6.92 Å². The molecule has 4 rings (SSSR count). The summed E-state index contributed by atoms with van der Waals surface area (Å²) in [4.78, 5) is 26.6. The minimum Gasteiger partial charge on any atom is -0.497 e. The summed E-state index contributed by atoms with van der Waals surface area (Å²) in [5.74, 6) is 0.807. The van der Waals surface area contributed by atoms with E-state index in [4.69, 9.17) is 16.3 Å². The fourth-order valence-electron chi connectivity index (χ4n) is 4.33. The van der Waals surface area contributed by atoms with Gasteiger partial charge in [0.05, 0.1) is 17.1 Å². The molecular formula is C22H21ClN2O4S. The van der Waals surface area contributed by atoms with Gasteiger partial charge in [0.1, 0.15) is 10.6 Å². The molecule has 0 aliphatic carbocycles. The van der Waals surface area contributed by atoms with Crippen LogP contribution in [0.25, 0.3) is 10.1 Å². The number of amides is 1. The lowest BCUT2D eigenvalue weighted by atomic mass is 9.80. The Balaban J connectivity index is 1.85. The van der Waals surface area contributed by atoms with Gasteiger partial charge in [-0.15, -0.1) is 11.3 Å². The van der Waals surface area contributed by atoms with Gasteiger partial charge in [-0.3, -0.25) is 14.9 Å². The monoisotopic (exact) mass is 444 g/mol. The van der Waals surface area contributed by atoms with Gasteiger partial charge in [0.25, 0.3) is 11.6 Å². The van der Waals surface area contributed by atoms with Gasteiger partial charge in [0.15, 0.2) is 0 Å². The number of nitro groups is 1. The maximum atomic E-state index is 13.7. The van der Waals surface area contributed by atoms with Gasteiger partial charge < -0.3 is 9.64 Å². The number of anilines is 1. The molecule has 0 bridgehead atoms. The lowest BCUT2D eigenvalue weighted by Gasteiger charge is -2.46. The van der Waals surface area contributed by atoms with Crippen molar-refractivity contribution in [1.29, 1.82) is 0 Å². The zero-order valence-corrected chi connectivity index (χ0v) is 18.6. The number of nitro benzene ring substituents is 1. The number of carbonyl (C=O) groups is 1. The molecule has 1 atom stereocenters. The standard InChI is InChI=1S/C22H21ClN2O4S/c1-12-11-22(2,3)24(17-8-6-14(29-4)10-16(12)17)21(26)20-19(23)15-7-5-13(25(27)28)9-18(15)30-20/h5-10,12H,11H2,1-4H3/t12-/m1/s1. The molecule has 156 valence electrons. The second-order valence-corrected chi connectivity index (χ2v) is 9.60. The van der Waals surface area contributed by atoms with Crippen molar-refractivity contribution in [3.63, 3.8) is 0 Å². The van der Waals surface area contributed by atoms with Gasteiger partial charge in [-0.1, -0.05) is 18.5 Å². The highest BCUT2D eigenvalue weighted by Crippen LogP contribution is 2.47. The molecule has 1 amide bonds. The average Bonchev–Trinajstić information content (AvgIpc) is 3.03. The zero-order valence-electron chi connectivity index (χ0n) is 17.1. The highest BCUT2D eigenvalue weighted by molar-refractivity contribution is 7.21. The van der Waals surface area contributed by atoms with Gasteiger partial charge in [-0.05, 0) is 56.0 Å². The number of thiophene rings is 1. The van der Waals surface area contributed by atoms with Crippen LogP contribution in [0, 0.1) is 10.1 Å². The van der Waals surface area contributed by atoms with E-state index in [1.807, 2.05) is 32.0 Å². The van der Waals surface area contributed by atoms with Crippen LogP contribution in [-0.4, -0.2) is 23.5 Å². The Morgan fingerprint density at radius 2 is 2.03 bits per heavy atom. The van der Waals surface area contributed by atoms with E-state index in [9.17, 15) is 14.9 Å². The van der Waals surface area contributed by atoms with Crippen molar-refractivity contribution in [1.82, 2.24) is 0 Å². The fourth-order valence-corrected chi connectivity index (χ4v) is 5.80. The Morgan fingerprint density at radius 1 is 1.30 bits per heavy atom. The number of methoxy groups -OCH3 is 1. The van der Waals surface area contributed by atoms with Gasteiger partial charge >= 0.3 is 0 Å². The van der Waals surface area contributed by atoms with Gasteiger partial charge in [0, 0.05) is 33.4 Å². The molecule has 0 radical (unpaired) electrons. The zero-order chi connectivity index (χ0) is 21.8. The Morgan fingerprint density at radius 3 is 2.70 bits per heavy atom. The van der Waals surface area contributed by atoms with Crippen molar-refractivity contribution in [3.05, 3.63) is 62.0 Å². The first kappa shape index (κ1) is 20.6. The third-order valence-corrected chi connectivity index (χ3v) is 7.28. The quantitative estimate of drug-likeness (QED) is 0.346. The van der Waals surface area contributed by atoms with Crippen LogP contribution in [0.2, 0.25) is 5.02 Å². The minimum atomic E-state index is -0.451. The van der Waals surface area contributed by atoms with Crippen molar-refractivity contribution in [3.8, 4) is 5.75 Å². The van der Waals surface area contributed by atoms with Crippen molar-refractivity contribution in [2.75, 3.05) is 12.0 Å². The summed E-state index contributed by atoms with van der Waals surface area (Å²) >= 11 is 7.76. The predicted octanol–water partition coefficient (Wildman–Crippen LogP) is 6.40. The maximum absolute atomic E-state index is 13.7. The first-order valence-corrected chi connectivity index (χ1v) is 10.7. The summed E-state index contributed by atoms with van der Waals surface area (Å²) in [6.07, 6.45) is 0.785. The summed E-state index contributed by atoms with van der Waals surface area (Å²) in [7, 11) is 1.62. The van der Waals surface area contributed by atoms with Crippen LogP contribution in [0.3, 0.4) is 0 Å². The number of hydrogen-bond donors (Lipinski definition) is 0. The number of non-ortho nitro benzene ring substituents is 1. The molecule has 1 aromatic heterocycles. The van der Waals surface area contributed by atoms with Gasteiger partial charge in [-0.25, -0.2) is 0 Å². The van der Waals surface area contributed by atoms with Crippen LogP contribution < -0.4 is 9.64 Å². The lowest BCUT2D eigenvalue weighted by Crippen LogP contribution is -2.51. The molecule has 30 heavy (non-hydrogen) atoms. The van der Waals surface area contributed by atoms with E-state index in [-0.39, 0.29) is 17.5 Å². The maximum Gasteiger partial charge on any atom is 0.270 e. The van der Waals surface area contributed by atoms with E-state index in [0.717, 1.165) is 23.4 Å². The van der Waals surface area contributed by atoms with E-state index in [0.29, 0.717) is 20.0 Å². The SMILES string of the molecule is COc1ccc2c(c1)[C@H](C)CC(C)(C)N2C(=O)c1sc2cc([N+](=O)[O-])ccc2c1Cl. The number of carbonyl (C=O) groups excluding carboxylic acids is 1. The normalized spacial score (nSPS) is 17.6. The molecular weight excluding hydrogens is 424 g/mol. The number of hydrogen-bond acceptors (Lipinski definition) is 5. The number of benzene rings is 2. The fraction of sp³-hybridized carbons (Fsp3) is 0.318. The lowest BCUT2D eigenvalue weighted by molar-refractivity contribution is -0.384. The molecule has 3 aromatic rings. The average molecular weight is 445 g/mol. The van der Waals surface area contributed by atoms with Crippen molar-refractivity contribution >= 4 is 50.3 Å². The van der Waals surface area contributed by atoms with Crippen LogP contribution in [-0.2, 0) is 0 Å². The number of ether oxygens (including phenoxy) is 1.